The largest absolute Gasteiger partial charge is 0.481 e. The Morgan fingerprint density at radius 1 is 1.40 bits per heavy atom. The van der Waals surface area contributed by atoms with Gasteiger partial charge in [-0.05, 0) is 38.7 Å². The van der Waals surface area contributed by atoms with Gasteiger partial charge in [-0.3, -0.25) is 4.79 Å². The van der Waals surface area contributed by atoms with E-state index in [0.717, 1.165) is 30.7 Å². The van der Waals surface area contributed by atoms with Crippen molar-refractivity contribution in [1.82, 2.24) is 9.97 Å². The number of aromatic nitrogens is 2. The fourth-order valence-electron chi connectivity index (χ4n) is 1.95. The van der Waals surface area contributed by atoms with Crippen LogP contribution in [-0.2, 0) is 17.6 Å². The van der Waals surface area contributed by atoms with Crippen molar-refractivity contribution in [1.29, 1.82) is 0 Å². The Morgan fingerprint density at radius 3 is 2.80 bits per heavy atom. The molecule has 0 aliphatic heterocycles. The molecule has 1 aliphatic carbocycles. The quantitative estimate of drug-likeness (QED) is 0.795. The molecule has 0 amide bonds. The highest BCUT2D eigenvalue weighted by Gasteiger charge is 2.22. The number of aliphatic carboxylic acids is 1. The van der Waals surface area contributed by atoms with Crippen LogP contribution >= 0.6 is 0 Å². The number of nitrogens with zero attached hydrogens (tertiary/aromatic N) is 2. The maximum atomic E-state index is 10.8. The molecule has 1 aliphatic rings. The van der Waals surface area contributed by atoms with Gasteiger partial charge in [-0.15, -0.1) is 0 Å². The topological polar surface area (TPSA) is 63.1 Å². The maximum absolute atomic E-state index is 10.8. The first kappa shape index (κ1) is 10.1. The van der Waals surface area contributed by atoms with E-state index < -0.39 is 11.9 Å². The second-order valence-corrected chi connectivity index (χ2v) is 4.01. The molecule has 1 N–H and O–H groups in total. The lowest BCUT2D eigenvalue weighted by atomic mass is 10.1. The predicted molar refractivity (Wildman–Crippen MR) is 54.8 cm³/mol. The van der Waals surface area contributed by atoms with Crippen LogP contribution in [0.5, 0.6) is 0 Å². The van der Waals surface area contributed by atoms with Crippen LogP contribution in [0.15, 0.2) is 0 Å². The molecule has 1 aromatic rings. The molecule has 1 aromatic heterocycles. The van der Waals surface area contributed by atoms with Crippen LogP contribution in [0.1, 0.15) is 42.0 Å². The molecular weight excluding hydrogens is 192 g/mol. The molecule has 1 heterocycles. The van der Waals surface area contributed by atoms with Gasteiger partial charge < -0.3 is 5.11 Å². The summed E-state index contributed by atoms with van der Waals surface area (Å²) >= 11 is 0. The third-order valence-corrected chi connectivity index (χ3v) is 2.91. The lowest BCUT2D eigenvalue weighted by Gasteiger charge is -2.09. The van der Waals surface area contributed by atoms with Gasteiger partial charge in [-0.25, -0.2) is 9.97 Å². The van der Waals surface area contributed by atoms with Gasteiger partial charge in [0.2, 0.25) is 0 Å². The fourth-order valence-corrected chi connectivity index (χ4v) is 1.95. The predicted octanol–water partition coefficient (Wildman–Crippen LogP) is 1.46. The van der Waals surface area contributed by atoms with Gasteiger partial charge >= 0.3 is 5.97 Å². The Hall–Kier alpha value is -1.45. The summed E-state index contributed by atoms with van der Waals surface area (Å²) in [5.41, 5.74) is 3.21. The Morgan fingerprint density at radius 2 is 2.13 bits per heavy atom. The van der Waals surface area contributed by atoms with E-state index in [0.29, 0.717) is 5.82 Å². The monoisotopic (exact) mass is 206 g/mol. The number of hydrogen-bond acceptors (Lipinski definition) is 3. The second kappa shape index (κ2) is 3.61. The summed E-state index contributed by atoms with van der Waals surface area (Å²) in [5.74, 6) is -1.04. The number of aryl methyl sites for hydroxylation is 2. The summed E-state index contributed by atoms with van der Waals surface area (Å²) in [7, 11) is 0. The number of rotatable bonds is 2. The first-order valence-corrected chi connectivity index (χ1v) is 5.18. The average Bonchev–Trinajstić information content (AvgIpc) is 2.64. The van der Waals surface area contributed by atoms with E-state index in [-0.39, 0.29) is 0 Å². The second-order valence-electron chi connectivity index (χ2n) is 4.01. The minimum atomic E-state index is -0.868. The van der Waals surface area contributed by atoms with Crippen LogP contribution in [0, 0.1) is 6.92 Å². The van der Waals surface area contributed by atoms with Gasteiger partial charge in [-0.1, -0.05) is 0 Å². The first-order chi connectivity index (χ1) is 7.09. The van der Waals surface area contributed by atoms with Gasteiger partial charge in [0.25, 0.3) is 0 Å². The third kappa shape index (κ3) is 1.71. The van der Waals surface area contributed by atoms with Crippen molar-refractivity contribution in [2.45, 2.75) is 39.0 Å². The Balaban J connectivity index is 2.43. The highest BCUT2D eigenvalue weighted by molar-refractivity contribution is 5.74. The molecule has 15 heavy (non-hydrogen) atoms. The molecule has 0 aromatic carbocycles. The highest BCUT2D eigenvalue weighted by atomic mass is 16.4. The summed E-state index contributed by atoms with van der Waals surface area (Å²) in [4.78, 5) is 19.4. The van der Waals surface area contributed by atoms with Crippen LogP contribution in [0.2, 0.25) is 0 Å². The number of carboxylic acids is 1. The van der Waals surface area contributed by atoms with Crippen molar-refractivity contribution in [3.05, 3.63) is 22.8 Å². The minimum Gasteiger partial charge on any atom is -0.481 e. The van der Waals surface area contributed by atoms with E-state index in [2.05, 4.69) is 9.97 Å². The Bertz CT molecular complexity index is 415. The van der Waals surface area contributed by atoms with Crippen molar-refractivity contribution in [2.75, 3.05) is 0 Å². The highest BCUT2D eigenvalue weighted by Crippen LogP contribution is 2.24. The first-order valence-electron chi connectivity index (χ1n) is 5.18. The zero-order valence-corrected chi connectivity index (χ0v) is 8.95. The number of fused-ring (bicyclic) bond motifs is 1. The minimum absolute atomic E-state index is 0.445. The molecule has 1 unspecified atom stereocenters. The van der Waals surface area contributed by atoms with Crippen molar-refractivity contribution < 1.29 is 9.90 Å². The van der Waals surface area contributed by atoms with Gasteiger partial charge in [0.1, 0.15) is 11.7 Å². The molecule has 0 saturated carbocycles. The van der Waals surface area contributed by atoms with E-state index >= 15 is 0 Å². The van der Waals surface area contributed by atoms with Crippen molar-refractivity contribution in [3.63, 3.8) is 0 Å². The molecular formula is C11H14N2O2. The van der Waals surface area contributed by atoms with Gasteiger partial charge in [0.05, 0.1) is 0 Å². The molecule has 0 bridgehead atoms. The Kier molecular flexibility index (Phi) is 2.42. The van der Waals surface area contributed by atoms with Crippen molar-refractivity contribution >= 4 is 5.97 Å². The maximum Gasteiger partial charge on any atom is 0.313 e. The molecule has 2 rings (SSSR count). The van der Waals surface area contributed by atoms with E-state index in [1.807, 2.05) is 6.92 Å². The summed E-state index contributed by atoms with van der Waals surface area (Å²) in [6.45, 7) is 3.56. The molecule has 0 radical (unpaired) electrons. The van der Waals surface area contributed by atoms with Crippen molar-refractivity contribution in [3.8, 4) is 0 Å². The fraction of sp³-hybridized carbons (Fsp3) is 0.545. The molecule has 0 saturated heterocycles. The summed E-state index contributed by atoms with van der Waals surface area (Å²) < 4.78 is 0. The summed E-state index contributed by atoms with van der Waals surface area (Å²) in [6, 6.07) is 0. The Labute approximate surface area is 88.4 Å². The molecule has 0 spiro atoms. The van der Waals surface area contributed by atoms with Gasteiger partial charge in [0.15, 0.2) is 0 Å². The summed E-state index contributed by atoms with van der Waals surface area (Å²) in [5, 5.41) is 8.89. The molecule has 80 valence electrons. The molecule has 1 atom stereocenters. The van der Waals surface area contributed by atoms with E-state index in [1.54, 1.807) is 6.92 Å². The van der Waals surface area contributed by atoms with E-state index in [4.69, 9.17) is 5.11 Å². The smallest absolute Gasteiger partial charge is 0.313 e. The lowest BCUT2D eigenvalue weighted by Crippen LogP contribution is -2.13. The van der Waals surface area contributed by atoms with Crippen molar-refractivity contribution in [2.24, 2.45) is 0 Å². The molecule has 4 heteroatoms. The normalized spacial score (nSPS) is 16.1. The standard InChI is InChI=1S/C11H14N2O2/c1-6(11(14)15)10-12-7(2)8-4-3-5-9(8)13-10/h6H,3-5H2,1-2H3,(H,14,15). The number of hydrogen-bond donors (Lipinski definition) is 1. The number of carboxylic acid groups (broad SMARTS) is 1. The molecule has 4 nitrogen and oxygen atoms in total. The number of carbonyl (C=O) groups is 1. The van der Waals surface area contributed by atoms with E-state index in [1.165, 1.54) is 5.56 Å². The van der Waals surface area contributed by atoms with Crippen LogP contribution in [0.25, 0.3) is 0 Å². The van der Waals surface area contributed by atoms with Gasteiger partial charge in [0, 0.05) is 11.4 Å². The van der Waals surface area contributed by atoms with Crippen LogP contribution in [-0.4, -0.2) is 21.0 Å². The molecule has 0 fully saturated rings. The lowest BCUT2D eigenvalue weighted by molar-refractivity contribution is -0.138. The van der Waals surface area contributed by atoms with Crippen LogP contribution in [0.3, 0.4) is 0 Å². The van der Waals surface area contributed by atoms with Gasteiger partial charge in [-0.2, -0.15) is 0 Å². The van der Waals surface area contributed by atoms with Crippen LogP contribution in [0.4, 0.5) is 0 Å². The zero-order chi connectivity index (χ0) is 11.0. The summed E-state index contributed by atoms with van der Waals surface area (Å²) in [6.07, 6.45) is 3.09. The third-order valence-electron chi connectivity index (χ3n) is 2.91. The van der Waals surface area contributed by atoms with E-state index in [9.17, 15) is 4.79 Å². The average molecular weight is 206 g/mol. The SMILES string of the molecule is Cc1nc(C(C)C(=O)O)nc2c1CCC2. The zero-order valence-electron chi connectivity index (χ0n) is 8.95. The van der Waals surface area contributed by atoms with Crippen LogP contribution < -0.4 is 0 Å².